The van der Waals surface area contributed by atoms with Crippen LogP contribution in [-0.4, -0.2) is 14.6 Å². The van der Waals surface area contributed by atoms with Crippen molar-refractivity contribution in [2.45, 2.75) is 26.7 Å². The van der Waals surface area contributed by atoms with E-state index in [-0.39, 0.29) is 5.56 Å². The van der Waals surface area contributed by atoms with Gasteiger partial charge in [0.15, 0.2) is 5.65 Å². The lowest BCUT2D eigenvalue weighted by atomic mass is 10.2. The maximum atomic E-state index is 11.7. The van der Waals surface area contributed by atoms with Gasteiger partial charge in [0, 0.05) is 11.8 Å². The van der Waals surface area contributed by atoms with E-state index in [4.69, 9.17) is 5.26 Å². The van der Waals surface area contributed by atoms with Gasteiger partial charge in [-0.25, -0.2) is 9.50 Å². The Bertz CT molecular complexity index is 630. The van der Waals surface area contributed by atoms with Gasteiger partial charge >= 0.3 is 0 Å². The van der Waals surface area contributed by atoms with Crippen molar-refractivity contribution in [3.05, 3.63) is 33.4 Å². The predicted octanol–water partition coefficient (Wildman–Crippen LogP) is 1.16. The van der Waals surface area contributed by atoms with Crippen LogP contribution < -0.4 is 5.56 Å². The molecule has 82 valence electrons. The van der Waals surface area contributed by atoms with Crippen molar-refractivity contribution in [2.24, 2.45) is 0 Å². The molecule has 0 amide bonds. The monoisotopic (exact) mass is 216 g/mol. The second-order valence-electron chi connectivity index (χ2n) is 3.72. The molecular formula is C11H12N4O. The van der Waals surface area contributed by atoms with Gasteiger partial charge in [-0.3, -0.25) is 9.89 Å². The first-order chi connectivity index (χ1) is 7.67. The van der Waals surface area contributed by atoms with E-state index in [2.05, 4.69) is 16.2 Å². The van der Waals surface area contributed by atoms with E-state index in [1.807, 2.05) is 6.92 Å². The number of H-pyrrole nitrogens is 1. The van der Waals surface area contributed by atoms with Crippen LogP contribution in [0.3, 0.4) is 0 Å². The molecule has 2 aromatic heterocycles. The molecule has 0 aliphatic carbocycles. The fourth-order valence-corrected chi connectivity index (χ4v) is 1.71. The summed E-state index contributed by atoms with van der Waals surface area (Å²) in [4.78, 5) is 16.1. The highest BCUT2D eigenvalue weighted by Gasteiger charge is 2.11. The van der Waals surface area contributed by atoms with Crippen LogP contribution in [0.15, 0.2) is 10.9 Å². The molecule has 0 saturated heterocycles. The molecule has 0 saturated carbocycles. The summed E-state index contributed by atoms with van der Waals surface area (Å²) in [7, 11) is 0. The van der Waals surface area contributed by atoms with E-state index in [0.717, 1.165) is 18.5 Å². The minimum atomic E-state index is -0.168. The largest absolute Gasteiger partial charge is 0.293 e. The summed E-state index contributed by atoms with van der Waals surface area (Å²) in [5, 5.41) is 11.8. The molecule has 0 bridgehead atoms. The van der Waals surface area contributed by atoms with E-state index in [9.17, 15) is 4.79 Å². The zero-order chi connectivity index (χ0) is 11.7. The minimum absolute atomic E-state index is 0.168. The molecule has 2 aromatic rings. The molecule has 16 heavy (non-hydrogen) atoms. The molecule has 0 aromatic carbocycles. The van der Waals surface area contributed by atoms with Crippen LogP contribution in [-0.2, 0) is 6.42 Å². The lowest BCUT2D eigenvalue weighted by molar-refractivity contribution is 0.833. The van der Waals surface area contributed by atoms with E-state index in [1.165, 1.54) is 10.6 Å². The van der Waals surface area contributed by atoms with Crippen molar-refractivity contribution in [3.8, 4) is 6.07 Å². The number of nitriles is 1. The zero-order valence-electron chi connectivity index (χ0n) is 9.24. The van der Waals surface area contributed by atoms with Gasteiger partial charge in [-0.2, -0.15) is 5.26 Å². The number of hydrogen-bond acceptors (Lipinski definition) is 3. The summed E-state index contributed by atoms with van der Waals surface area (Å²) in [6, 6.07) is 3.57. The van der Waals surface area contributed by atoms with Crippen molar-refractivity contribution in [1.82, 2.24) is 14.6 Å². The number of hydrogen-bond donors (Lipinski definition) is 1. The average Bonchev–Trinajstić information content (AvgIpc) is 2.55. The lowest BCUT2D eigenvalue weighted by Crippen LogP contribution is -2.15. The first-order valence-corrected chi connectivity index (χ1v) is 5.18. The number of rotatable bonds is 2. The van der Waals surface area contributed by atoms with Gasteiger partial charge in [-0.15, -0.1) is 0 Å². The molecule has 5 nitrogen and oxygen atoms in total. The second-order valence-corrected chi connectivity index (χ2v) is 3.72. The van der Waals surface area contributed by atoms with Gasteiger partial charge in [-0.05, 0) is 13.3 Å². The Hall–Kier alpha value is -2.09. The number of aromatic amines is 1. The Kier molecular flexibility index (Phi) is 2.49. The quantitative estimate of drug-likeness (QED) is 0.818. The number of nitrogens with zero attached hydrogens (tertiary/aromatic N) is 3. The van der Waals surface area contributed by atoms with Crippen LogP contribution in [0.1, 0.15) is 30.3 Å². The van der Waals surface area contributed by atoms with Crippen LogP contribution in [0.2, 0.25) is 0 Å². The smallest absolute Gasteiger partial charge is 0.272 e. The Morgan fingerprint density at radius 1 is 1.62 bits per heavy atom. The number of nitrogens with one attached hydrogen (secondary N) is 1. The first kappa shape index (κ1) is 10.4. The third-order valence-electron chi connectivity index (χ3n) is 2.47. The van der Waals surface area contributed by atoms with Crippen molar-refractivity contribution in [3.63, 3.8) is 0 Å². The fourth-order valence-electron chi connectivity index (χ4n) is 1.71. The molecule has 0 radical (unpaired) electrons. The molecule has 0 aliphatic rings. The molecule has 0 fully saturated rings. The molecular weight excluding hydrogens is 204 g/mol. The molecule has 0 unspecified atom stereocenters. The summed E-state index contributed by atoms with van der Waals surface area (Å²) in [6.45, 7) is 3.78. The molecule has 2 rings (SSSR count). The van der Waals surface area contributed by atoms with Gasteiger partial charge in [0.25, 0.3) is 5.56 Å². The van der Waals surface area contributed by atoms with Crippen LogP contribution in [0.25, 0.3) is 5.65 Å². The molecule has 2 heterocycles. The second kappa shape index (κ2) is 3.81. The highest BCUT2D eigenvalue weighted by molar-refractivity contribution is 5.57. The lowest BCUT2D eigenvalue weighted by Gasteiger charge is -1.98. The number of fused-ring (bicyclic) bond motifs is 1. The third kappa shape index (κ3) is 1.48. The summed E-state index contributed by atoms with van der Waals surface area (Å²) < 4.78 is 1.31. The van der Waals surface area contributed by atoms with Crippen LogP contribution >= 0.6 is 0 Å². The van der Waals surface area contributed by atoms with Gasteiger partial charge < -0.3 is 0 Å². The topological polar surface area (TPSA) is 73.9 Å². The van der Waals surface area contributed by atoms with Crippen LogP contribution in [0.5, 0.6) is 0 Å². The van der Waals surface area contributed by atoms with Gasteiger partial charge in [0.05, 0.1) is 5.69 Å². The van der Waals surface area contributed by atoms with E-state index in [0.29, 0.717) is 16.9 Å². The normalized spacial score (nSPS) is 10.6. The van der Waals surface area contributed by atoms with Gasteiger partial charge in [0.1, 0.15) is 11.6 Å². The minimum Gasteiger partial charge on any atom is -0.293 e. The zero-order valence-corrected chi connectivity index (χ0v) is 9.24. The van der Waals surface area contributed by atoms with Gasteiger partial charge in [-0.1, -0.05) is 13.3 Å². The molecule has 0 aliphatic heterocycles. The fraction of sp³-hybridized carbons (Fsp3) is 0.364. The average molecular weight is 216 g/mol. The predicted molar refractivity (Wildman–Crippen MR) is 59.3 cm³/mol. The third-order valence-corrected chi connectivity index (χ3v) is 2.47. The summed E-state index contributed by atoms with van der Waals surface area (Å²) >= 11 is 0. The SMILES string of the molecule is CCCc1cc(=O)n2[nH]c(C)c(C#N)c2n1. The Labute approximate surface area is 92.3 Å². The molecule has 1 N–H and O–H groups in total. The van der Waals surface area contributed by atoms with Gasteiger partial charge in [0.2, 0.25) is 0 Å². The summed E-state index contributed by atoms with van der Waals surface area (Å²) in [5.74, 6) is 0. The Morgan fingerprint density at radius 3 is 3.00 bits per heavy atom. The van der Waals surface area contributed by atoms with E-state index in [1.54, 1.807) is 6.92 Å². The van der Waals surface area contributed by atoms with Crippen LogP contribution in [0.4, 0.5) is 0 Å². The Morgan fingerprint density at radius 2 is 2.38 bits per heavy atom. The summed E-state index contributed by atoms with van der Waals surface area (Å²) in [6.07, 6.45) is 1.68. The summed E-state index contributed by atoms with van der Waals surface area (Å²) in [5.41, 5.74) is 2.10. The Balaban J connectivity index is 2.79. The van der Waals surface area contributed by atoms with Crippen molar-refractivity contribution < 1.29 is 0 Å². The van der Waals surface area contributed by atoms with Crippen molar-refractivity contribution in [2.75, 3.05) is 0 Å². The molecule has 5 heteroatoms. The molecule has 0 atom stereocenters. The highest BCUT2D eigenvalue weighted by atomic mass is 16.1. The van der Waals surface area contributed by atoms with E-state index >= 15 is 0 Å². The van der Waals surface area contributed by atoms with Crippen molar-refractivity contribution >= 4 is 5.65 Å². The number of aromatic nitrogens is 3. The standard InChI is InChI=1S/C11H12N4O/c1-3-4-8-5-10(16)15-11(13-8)9(6-12)7(2)14-15/h5,14H,3-4H2,1-2H3. The van der Waals surface area contributed by atoms with Crippen LogP contribution in [0, 0.1) is 18.3 Å². The number of aryl methyl sites for hydroxylation is 2. The highest BCUT2D eigenvalue weighted by Crippen LogP contribution is 2.10. The first-order valence-electron chi connectivity index (χ1n) is 5.18. The van der Waals surface area contributed by atoms with Crippen molar-refractivity contribution in [1.29, 1.82) is 5.26 Å². The maximum absolute atomic E-state index is 11.7. The maximum Gasteiger partial charge on any atom is 0.272 e. The van der Waals surface area contributed by atoms with E-state index < -0.39 is 0 Å². The molecule has 0 spiro atoms.